The molecule has 2 atom stereocenters. The number of thiophene rings is 1. The maximum absolute atomic E-state index is 5.86. The Morgan fingerprint density at radius 1 is 1.14 bits per heavy atom. The first-order valence-corrected chi connectivity index (χ1v) is 8.69. The van der Waals surface area contributed by atoms with Crippen LogP contribution in [0.25, 0.3) is 10.2 Å². The number of morpholine rings is 1. The maximum Gasteiger partial charge on any atom is 0.141 e. The molecule has 0 aromatic carbocycles. The average Bonchev–Trinajstić information content (AvgIpc) is 2.84. The van der Waals surface area contributed by atoms with Crippen LogP contribution in [0, 0.1) is 0 Å². The van der Waals surface area contributed by atoms with Gasteiger partial charge in [0.15, 0.2) is 0 Å². The molecule has 0 radical (unpaired) electrons. The number of nitrogens with zero attached hydrogens (tertiary/aromatic N) is 3. The molecule has 5 heteroatoms. The summed E-state index contributed by atoms with van der Waals surface area (Å²) in [4.78, 5) is 14.3. The van der Waals surface area contributed by atoms with Gasteiger partial charge in [0.1, 0.15) is 17.0 Å². The summed E-state index contributed by atoms with van der Waals surface area (Å²) in [7, 11) is 0. The van der Waals surface area contributed by atoms with E-state index in [1.54, 1.807) is 6.33 Å². The van der Waals surface area contributed by atoms with Gasteiger partial charge in [0, 0.05) is 18.0 Å². The number of anilines is 1. The SMILES string of the molecule is C[C@H]1CN(c2ncnc3sc4c(c23)CCCC4)C[C@H](C)O1. The lowest BCUT2D eigenvalue weighted by Crippen LogP contribution is -2.46. The summed E-state index contributed by atoms with van der Waals surface area (Å²) in [6, 6.07) is 0. The number of rotatable bonds is 1. The second-order valence-electron chi connectivity index (χ2n) is 6.25. The van der Waals surface area contributed by atoms with Crippen molar-refractivity contribution in [3.05, 3.63) is 16.8 Å². The summed E-state index contributed by atoms with van der Waals surface area (Å²) in [6.45, 7) is 6.12. The van der Waals surface area contributed by atoms with E-state index in [2.05, 4.69) is 28.7 Å². The lowest BCUT2D eigenvalue weighted by atomic mass is 9.97. The predicted octanol–water partition coefficient (Wildman–Crippen LogP) is 3.18. The Kier molecular flexibility index (Phi) is 3.34. The molecule has 0 unspecified atom stereocenters. The van der Waals surface area contributed by atoms with Crippen LogP contribution in [-0.4, -0.2) is 35.3 Å². The number of aryl methyl sites for hydroxylation is 2. The third-order valence-electron chi connectivity index (χ3n) is 4.45. The maximum atomic E-state index is 5.86. The van der Waals surface area contributed by atoms with Crippen molar-refractivity contribution in [2.45, 2.75) is 51.7 Å². The molecule has 0 amide bonds. The van der Waals surface area contributed by atoms with Crippen LogP contribution in [0.1, 0.15) is 37.1 Å². The first-order chi connectivity index (χ1) is 10.2. The Balaban J connectivity index is 1.83. The topological polar surface area (TPSA) is 38.2 Å². The van der Waals surface area contributed by atoms with E-state index in [9.17, 15) is 0 Å². The molecule has 2 aromatic heterocycles. The van der Waals surface area contributed by atoms with E-state index >= 15 is 0 Å². The monoisotopic (exact) mass is 303 g/mol. The highest BCUT2D eigenvalue weighted by Crippen LogP contribution is 2.39. The average molecular weight is 303 g/mol. The van der Waals surface area contributed by atoms with Crippen molar-refractivity contribution in [2.24, 2.45) is 0 Å². The summed E-state index contributed by atoms with van der Waals surface area (Å²) in [5, 5.41) is 1.32. The van der Waals surface area contributed by atoms with Gasteiger partial charge in [-0.3, -0.25) is 0 Å². The predicted molar refractivity (Wildman–Crippen MR) is 86.3 cm³/mol. The van der Waals surface area contributed by atoms with E-state index in [4.69, 9.17) is 4.74 Å². The molecule has 3 heterocycles. The molecule has 112 valence electrons. The number of hydrogen-bond donors (Lipinski definition) is 0. The Morgan fingerprint density at radius 2 is 1.90 bits per heavy atom. The normalized spacial score (nSPS) is 26.1. The van der Waals surface area contributed by atoms with Gasteiger partial charge in [0.05, 0.1) is 17.6 Å². The van der Waals surface area contributed by atoms with Crippen LogP contribution in [-0.2, 0) is 17.6 Å². The molecule has 0 bridgehead atoms. The van der Waals surface area contributed by atoms with Gasteiger partial charge in [-0.2, -0.15) is 0 Å². The van der Waals surface area contributed by atoms with Gasteiger partial charge >= 0.3 is 0 Å². The van der Waals surface area contributed by atoms with Crippen molar-refractivity contribution < 1.29 is 4.74 Å². The summed E-state index contributed by atoms with van der Waals surface area (Å²) in [5.74, 6) is 1.13. The van der Waals surface area contributed by atoms with E-state index < -0.39 is 0 Å². The second-order valence-corrected chi connectivity index (χ2v) is 7.33. The van der Waals surface area contributed by atoms with E-state index in [0.29, 0.717) is 0 Å². The fourth-order valence-corrected chi connectivity index (χ4v) is 4.89. The second kappa shape index (κ2) is 5.21. The number of fused-ring (bicyclic) bond motifs is 3. The summed E-state index contributed by atoms with van der Waals surface area (Å²) >= 11 is 1.87. The van der Waals surface area contributed by atoms with Gasteiger partial charge in [-0.15, -0.1) is 11.3 Å². The van der Waals surface area contributed by atoms with Crippen LogP contribution >= 0.6 is 11.3 Å². The van der Waals surface area contributed by atoms with Crippen molar-refractivity contribution in [1.82, 2.24) is 9.97 Å². The molecule has 1 aliphatic heterocycles. The molecular formula is C16H21N3OS. The molecule has 2 aliphatic rings. The zero-order chi connectivity index (χ0) is 14.4. The Morgan fingerprint density at radius 3 is 2.71 bits per heavy atom. The largest absolute Gasteiger partial charge is 0.372 e. The first kappa shape index (κ1) is 13.5. The smallest absolute Gasteiger partial charge is 0.141 e. The van der Waals surface area contributed by atoms with Gasteiger partial charge < -0.3 is 9.64 Å². The molecule has 21 heavy (non-hydrogen) atoms. The molecule has 1 saturated heterocycles. The van der Waals surface area contributed by atoms with Crippen LogP contribution < -0.4 is 4.90 Å². The van der Waals surface area contributed by atoms with E-state index in [-0.39, 0.29) is 12.2 Å². The van der Waals surface area contributed by atoms with Gasteiger partial charge in [-0.25, -0.2) is 9.97 Å². The highest BCUT2D eigenvalue weighted by atomic mass is 32.1. The van der Waals surface area contributed by atoms with Crippen LogP contribution in [0.5, 0.6) is 0 Å². The van der Waals surface area contributed by atoms with Crippen LogP contribution in [0.3, 0.4) is 0 Å². The highest BCUT2D eigenvalue weighted by molar-refractivity contribution is 7.19. The van der Waals surface area contributed by atoms with Crippen molar-refractivity contribution in [1.29, 1.82) is 0 Å². The van der Waals surface area contributed by atoms with Gasteiger partial charge in [-0.1, -0.05) is 0 Å². The van der Waals surface area contributed by atoms with Gasteiger partial charge in [0.25, 0.3) is 0 Å². The molecule has 0 saturated carbocycles. The van der Waals surface area contributed by atoms with Crippen LogP contribution in [0.2, 0.25) is 0 Å². The standard InChI is InChI=1S/C16H21N3OS/c1-10-7-19(8-11(2)20-10)15-14-12-5-3-4-6-13(12)21-16(14)18-9-17-15/h9-11H,3-8H2,1-2H3/t10-,11-/m0/s1. The van der Waals surface area contributed by atoms with Gasteiger partial charge in [-0.05, 0) is 45.1 Å². The Bertz CT molecular complexity index is 659. The van der Waals surface area contributed by atoms with Gasteiger partial charge in [0.2, 0.25) is 0 Å². The van der Waals surface area contributed by atoms with E-state index in [1.165, 1.54) is 46.3 Å². The van der Waals surface area contributed by atoms with Crippen molar-refractivity contribution in [3.8, 4) is 0 Å². The molecule has 1 aliphatic carbocycles. The minimum Gasteiger partial charge on any atom is -0.372 e. The molecule has 4 nitrogen and oxygen atoms in total. The number of ether oxygens (including phenoxy) is 1. The van der Waals surface area contributed by atoms with Crippen LogP contribution in [0.4, 0.5) is 5.82 Å². The third-order valence-corrected chi connectivity index (χ3v) is 5.65. The third kappa shape index (κ3) is 2.32. The number of aromatic nitrogens is 2. The first-order valence-electron chi connectivity index (χ1n) is 7.88. The molecule has 0 spiro atoms. The number of hydrogen-bond acceptors (Lipinski definition) is 5. The Hall–Kier alpha value is -1.20. The molecule has 0 N–H and O–H groups in total. The van der Waals surface area contributed by atoms with Crippen LogP contribution in [0.15, 0.2) is 6.33 Å². The molecular weight excluding hydrogens is 282 g/mol. The fourth-order valence-electron chi connectivity index (χ4n) is 3.66. The molecule has 4 rings (SSSR count). The quantitative estimate of drug-likeness (QED) is 0.811. The lowest BCUT2D eigenvalue weighted by molar-refractivity contribution is -0.00537. The molecule has 1 fully saturated rings. The van der Waals surface area contributed by atoms with E-state index in [0.717, 1.165) is 18.9 Å². The zero-order valence-electron chi connectivity index (χ0n) is 12.6. The summed E-state index contributed by atoms with van der Waals surface area (Å²) in [5.41, 5.74) is 1.52. The Labute approximate surface area is 129 Å². The van der Waals surface area contributed by atoms with Crippen molar-refractivity contribution in [3.63, 3.8) is 0 Å². The minimum absolute atomic E-state index is 0.258. The van der Waals surface area contributed by atoms with E-state index in [1.807, 2.05) is 11.3 Å². The minimum atomic E-state index is 0.258. The highest BCUT2D eigenvalue weighted by Gasteiger charge is 2.27. The van der Waals surface area contributed by atoms with Crippen molar-refractivity contribution >= 4 is 27.4 Å². The summed E-state index contributed by atoms with van der Waals surface area (Å²) < 4.78 is 5.86. The summed E-state index contributed by atoms with van der Waals surface area (Å²) in [6.07, 6.45) is 7.25. The fraction of sp³-hybridized carbons (Fsp3) is 0.625. The zero-order valence-corrected chi connectivity index (χ0v) is 13.4. The van der Waals surface area contributed by atoms with Crippen molar-refractivity contribution in [2.75, 3.05) is 18.0 Å². The molecule has 2 aromatic rings. The lowest BCUT2D eigenvalue weighted by Gasteiger charge is -2.36.